The Kier molecular flexibility index (Phi) is 5.28. The van der Waals surface area contributed by atoms with Gasteiger partial charge in [-0.1, -0.05) is 17.3 Å². The Morgan fingerprint density at radius 1 is 1.28 bits per heavy atom. The predicted molar refractivity (Wildman–Crippen MR) is 93.3 cm³/mol. The Labute approximate surface area is 146 Å². The summed E-state index contributed by atoms with van der Waals surface area (Å²) in [5.41, 5.74) is 2.74. The molecule has 1 aliphatic rings. The van der Waals surface area contributed by atoms with E-state index >= 15 is 0 Å². The molecule has 1 aromatic carbocycles. The van der Waals surface area contributed by atoms with Gasteiger partial charge in [0.25, 0.3) is 0 Å². The van der Waals surface area contributed by atoms with Crippen LogP contribution in [0.3, 0.4) is 0 Å². The fraction of sp³-hybridized carbons (Fsp3) is 0.368. The van der Waals surface area contributed by atoms with Gasteiger partial charge in [-0.05, 0) is 37.6 Å². The molecule has 25 heavy (non-hydrogen) atoms. The van der Waals surface area contributed by atoms with Crippen LogP contribution in [0.1, 0.15) is 22.6 Å². The lowest BCUT2D eigenvalue weighted by Gasteiger charge is -2.34. The van der Waals surface area contributed by atoms with E-state index in [2.05, 4.69) is 10.1 Å². The van der Waals surface area contributed by atoms with Crippen LogP contribution in [0.15, 0.2) is 34.9 Å². The van der Waals surface area contributed by atoms with E-state index in [1.165, 1.54) is 18.2 Å². The molecular formula is C19H22FN3O2. The average Bonchev–Trinajstić information content (AvgIpc) is 2.92. The van der Waals surface area contributed by atoms with Crippen molar-refractivity contribution < 1.29 is 13.7 Å². The topological polar surface area (TPSA) is 49.6 Å². The maximum absolute atomic E-state index is 13.2. The zero-order chi connectivity index (χ0) is 17.8. The molecule has 0 saturated carbocycles. The fourth-order valence-corrected chi connectivity index (χ4v) is 2.96. The second kappa shape index (κ2) is 7.61. The highest BCUT2D eigenvalue weighted by Crippen LogP contribution is 2.16. The van der Waals surface area contributed by atoms with Crippen LogP contribution in [0.5, 0.6) is 0 Å². The maximum atomic E-state index is 13.2. The molecule has 5 nitrogen and oxygen atoms in total. The van der Waals surface area contributed by atoms with Gasteiger partial charge in [0.2, 0.25) is 5.91 Å². The molecule has 3 rings (SSSR count). The Hall–Kier alpha value is -2.47. The Morgan fingerprint density at radius 2 is 2.04 bits per heavy atom. The highest BCUT2D eigenvalue weighted by Gasteiger charge is 2.21. The average molecular weight is 343 g/mol. The molecule has 0 radical (unpaired) electrons. The summed E-state index contributed by atoms with van der Waals surface area (Å²) in [6.45, 7) is 7.63. The molecule has 0 atom stereocenters. The van der Waals surface area contributed by atoms with Gasteiger partial charge in [0.1, 0.15) is 11.6 Å². The Morgan fingerprint density at radius 3 is 2.68 bits per heavy atom. The molecule has 0 N–H and O–H groups in total. The van der Waals surface area contributed by atoms with E-state index in [-0.39, 0.29) is 11.7 Å². The normalized spacial score (nSPS) is 15.9. The molecule has 132 valence electrons. The van der Waals surface area contributed by atoms with Gasteiger partial charge < -0.3 is 9.42 Å². The summed E-state index contributed by atoms with van der Waals surface area (Å²) >= 11 is 0. The lowest BCUT2D eigenvalue weighted by Crippen LogP contribution is -2.47. The van der Waals surface area contributed by atoms with Gasteiger partial charge in [-0.3, -0.25) is 9.69 Å². The molecule has 6 heteroatoms. The third-order valence-electron chi connectivity index (χ3n) is 4.51. The number of carbonyl (C=O) groups is 1. The van der Waals surface area contributed by atoms with Crippen molar-refractivity contribution in [1.29, 1.82) is 0 Å². The number of piperazine rings is 1. The van der Waals surface area contributed by atoms with Crippen LogP contribution >= 0.6 is 0 Å². The predicted octanol–water partition coefficient (Wildman–Crippen LogP) is 2.79. The van der Waals surface area contributed by atoms with Crippen molar-refractivity contribution in [3.8, 4) is 0 Å². The summed E-state index contributed by atoms with van der Waals surface area (Å²) in [5, 5.41) is 3.98. The molecule has 0 aliphatic carbocycles. The first kappa shape index (κ1) is 17.4. The van der Waals surface area contributed by atoms with Gasteiger partial charge in [-0.15, -0.1) is 0 Å². The minimum Gasteiger partial charge on any atom is -0.361 e. The van der Waals surface area contributed by atoms with Crippen LogP contribution in [-0.4, -0.2) is 47.0 Å². The monoisotopic (exact) mass is 343 g/mol. The highest BCUT2D eigenvalue weighted by molar-refractivity contribution is 5.91. The second-order valence-corrected chi connectivity index (χ2v) is 6.29. The van der Waals surface area contributed by atoms with E-state index in [4.69, 9.17) is 4.52 Å². The number of carbonyl (C=O) groups excluding carboxylic acids is 1. The first-order chi connectivity index (χ1) is 12.0. The van der Waals surface area contributed by atoms with Crippen molar-refractivity contribution in [2.75, 3.05) is 26.2 Å². The molecule has 0 bridgehead atoms. The third-order valence-corrected chi connectivity index (χ3v) is 4.51. The summed E-state index contributed by atoms with van der Waals surface area (Å²) in [6.07, 6.45) is 3.17. The van der Waals surface area contributed by atoms with Crippen LogP contribution in [-0.2, 0) is 11.3 Å². The zero-order valence-electron chi connectivity index (χ0n) is 14.5. The molecule has 1 aliphatic heterocycles. The van der Waals surface area contributed by atoms with Crippen molar-refractivity contribution >= 4 is 12.0 Å². The first-order valence-electron chi connectivity index (χ1n) is 8.39. The molecule has 1 aromatic heterocycles. The van der Waals surface area contributed by atoms with E-state index in [1.807, 2.05) is 18.7 Å². The maximum Gasteiger partial charge on any atom is 0.246 e. The van der Waals surface area contributed by atoms with E-state index in [9.17, 15) is 9.18 Å². The molecule has 0 spiro atoms. The molecule has 2 heterocycles. The molecule has 1 fully saturated rings. The zero-order valence-corrected chi connectivity index (χ0v) is 14.5. The largest absolute Gasteiger partial charge is 0.361 e. The van der Waals surface area contributed by atoms with E-state index in [0.29, 0.717) is 18.7 Å². The van der Waals surface area contributed by atoms with Gasteiger partial charge in [-0.2, -0.15) is 0 Å². The van der Waals surface area contributed by atoms with Crippen molar-refractivity contribution in [3.63, 3.8) is 0 Å². The highest BCUT2D eigenvalue weighted by atomic mass is 19.1. The molecule has 0 unspecified atom stereocenters. The van der Waals surface area contributed by atoms with Gasteiger partial charge in [0.15, 0.2) is 0 Å². The van der Waals surface area contributed by atoms with Crippen LogP contribution < -0.4 is 0 Å². The lowest BCUT2D eigenvalue weighted by molar-refractivity contribution is -0.127. The summed E-state index contributed by atoms with van der Waals surface area (Å²) in [6, 6.07) is 6.20. The number of aromatic nitrogens is 1. The summed E-state index contributed by atoms with van der Waals surface area (Å²) < 4.78 is 18.4. The summed E-state index contributed by atoms with van der Waals surface area (Å²) in [4.78, 5) is 16.4. The van der Waals surface area contributed by atoms with Crippen LogP contribution in [0.2, 0.25) is 0 Å². The van der Waals surface area contributed by atoms with Crippen molar-refractivity contribution in [3.05, 3.63) is 58.7 Å². The van der Waals surface area contributed by atoms with Gasteiger partial charge in [0, 0.05) is 44.4 Å². The number of halogens is 1. The number of hydrogen-bond donors (Lipinski definition) is 0. The first-order valence-corrected chi connectivity index (χ1v) is 8.39. The number of nitrogens with zero attached hydrogens (tertiary/aromatic N) is 3. The van der Waals surface area contributed by atoms with Gasteiger partial charge in [-0.25, -0.2) is 4.39 Å². The number of aryl methyl sites for hydroxylation is 2. The van der Waals surface area contributed by atoms with E-state index in [1.54, 1.807) is 18.2 Å². The van der Waals surface area contributed by atoms with Crippen LogP contribution in [0.25, 0.3) is 6.08 Å². The smallest absolute Gasteiger partial charge is 0.246 e. The Bertz CT molecular complexity index is 757. The SMILES string of the molecule is Cc1noc(C)c1CN1CCN(C(=O)C=Cc2cccc(F)c2)CC1. The molecular weight excluding hydrogens is 321 g/mol. The standard InChI is InChI=1S/C19H22FN3O2/c1-14-18(15(2)25-21-14)13-22-8-10-23(11-9-22)19(24)7-6-16-4-3-5-17(20)12-16/h3-7,12H,8-11,13H2,1-2H3. The quantitative estimate of drug-likeness (QED) is 0.801. The van der Waals surface area contributed by atoms with Crippen molar-refractivity contribution in [1.82, 2.24) is 15.0 Å². The second-order valence-electron chi connectivity index (χ2n) is 6.29. The number of amides is 1. The van der Waals surface area contributed by atoms with E-state index in [0.717, 1.165) is 36.7 Å². The number of rotatable bonds is 4. The van der Waals surface area contributed by atoms with Crippen LogP contribution in [0, 0.1) is 19.7 Å². The van der Waals surface area contributed by atoms with Gasteiger partial charge >= 0.3 is 0 Å². The summed E-state index contributed by atoms with van der Waals surface area (Å²) in [5.74, 6) is 0.512. The third kappa shape index (κ3) is 4.33. The van der Waals surface area contributed by atoms with E-state index < -0.39 is 0 Å². The molecule has 1 saturated heterocycles. The van der Waals surface area contributed by atoms with Crippen molar-refractivity contribution in [2.45, 2.75) is 20.4 Å². The van der Waals surface area contributed by atoms with Crippen LogP contribution in [0.4, 0.5) is 4.39 Å². The minimum atomic E-state index is -0.303. The Balaban J connectivity index is 1.52. The number of hydrogen-bond acceptors (Lipinski definition) is 4. The lowest BCUT2D eigenvalue weighted by atomic mass is 10.1. The number of benzene rings is 1. The van der Waals surface area contributed by atoms with Gasteiger partial charge in [0.05, 0.1) is 5.69 Å². The minimum absolute atomic E-state index is 0.0405. The summed E-state index contributed by atoms with van der Waals surface area (Å²) in [7, 11) is 0. The molecule has 2 aromatic rings. The molecule has 1 amide bonds. The van der Waals surface area contributed by atoms with Crippen molar-refractivity contribution in [2.24, 2.45) is 0 Å². The fourth-order valence-electron chi connectivity index (χ4n) is 2.96.